The quantitative estimate of drug-likeness (QED) is 0.269. The molecule has 1 rings (SSSR count). The van der Waals surface area contributed by atoms with Crippen molar-refractivity contribution in [3.05, 3.63) is 24.3 Å². The van der Waals surface area contributed by atoms with E-state index in [-0.39, 0.29) is 4.86 Å². The number of rotatable bonds is 1. The monoisotopic (exact) mass is 260 g/mol. The molecule has 1 aliphatic carbocycles. The van der Waals surface area contributed by atoms with Crippen molar-refractivity contribution >= 4 is 27.0 Å². The van der Waals surface area contributed by atoms with Gasteiger partial charge in [0, 0.05) is 0 Å². The molecule has 0 spiro atoms. The molecule has 0 radical (unpaired) electrons. The number of allylic oxidation sites excluding steroid dienone is 4. The summed E-state index contributed by atoms with van der Waals surface area (Å²) in [4.78, 5) is 9.00. The van der Waals surface area contributed by atoms with E-state index in [0.29, 0.717) is 5.71 Å². The van der Waals surface area contributed by atoms with Gasteiger partial charge >= 0.3 is 6.09 Å². The number of oxime groups is 1. The molecule has 0 fully saturated rings. The second kappa shape index (κ2) is 7.23. The Morgan fingerprint density at radius 2 is 2.00 bits per heavy atom. The van der Waals surface area contributed by atoms with Gasteiger partial charge in [-0.1, -0.05) is 23.4 Å². The van der Waals surface area contributed by atoms with E-state index in [1.54, 1.807) is 25.2 Å². The highest BCUT2D eigenvalue weighted by Crippen LogP contribution is 2.10. The average Bonchev–Trinajstić information content (AvgIpc) is 2.27. The fourth-order valence-electron chi connectivity index (χ4n) is 1.09. The van der Waals surface area contributed by atoms with Crippen LogP contribution in [0.2, 0.25) is 0 Å². The zero-order chi connectivity index (χ0) is 13.4. The number of primary amides is 1. The highest BCUT2D eigenvalue weighted by atomic mass is 32.2. The van der Waals surface area contributed by atoms with Crippen molar-refractivity contribution in [2.75, 3.05) is 0 Å². The second-order valence-electron chi connectivity index (χ2n) is 2.94. The first-order valence-electron chi connectivity index (χ1n) is 4.38. The summed E-state index contributed by atoms with van der Waals surface area (Å²) < 4.78 is 21.5. The standard InChI is InChI=1S/C8H9NO3S.CH3NO2/c1-6(9-10)7-4-2-3-5-8(7)13(11)12;2-1(3)4/h2-5,7,10H,1H3;2H2,(H,3,4). The van der Waals surface area contributed by atoms with Gasteiger partial charge in [0.2, 0.25) is 10.3 Å². The van der Waals surface area contributed by atoms with Gasteiger partial charge in [0.1, 0.15) is 0 Å². The second-order valence-corrected chi connectivity index (χ2v) is 3.88. The third-order valence-electron chi connectivity index (χ3n) is 1.78. The number of carboxylic acid groups (broad SMARTS) is 1. The van der Waals surface area contributed by atoms with E-state index >= 15 is 0 Å². The summed E-state index contributed by atoms with van der Waals surface area (Å²) in [5, 5.41) is 18.7. The maximum atomic E-state index is 10.7. The van der Waals surface area contributed by atoms with E-state index in [1.807, 2.05) is 0 Å². The van der Waals surface area contributed by atoms with Gasteiger partial charge in [-0.3, -0.25) is 0 Å². The summed E-state index contributed by atoms with van der Waals surface area (Å²) in [7, 11) is -2.27. The van der Waals surface area contributed by atoms with Gasteiger partial charge in [0.05, 0.1) is 16.5 Å². The predicted molar refractivity (Wildman–Crippen MR) is 62.8 cm³/mol. The highest BCUT2D eigenvalue weighted by Gasteiger charge is 2.17. The lowest BCUT2D eigenvalue weighted by atomic mass is 9.96. The molecule has 0 saturated heterocycles. The Morgan fingerprint density at radius 3 is 2.41 bits per heavy atom. The van der Waals surface area contributed by atoms with Crippen LogP contribution in [0.25, 0.3) is 0 Å². The normalized spacial score (nSPS) is 18.3. The molecule has 0 saturated carbocycles. The van der Waals surface area contributed by atoms with Gasteiger partial charge in [0.15, 0.2) is 0 Å². The molecule has 1 amide bonds. The van der Waals surface area contributed by atoms with Crippen LogP contribution in [0.5, 0.6) is 0 Å². The number of carbonyl (C=O) groups is 1. The minimum absolute atomic E-state index is 0.220. The molecule has 8 heteroatoms. The summed E-state index contributed by atoms with van der Waals surface area (Å²) in [6.07, 6.45) is 5.17. The van der Waals surface area contributed by atoms with Crippen LogP contribution in [0.3, 0.4) is 0 Å². The zero-order valence-electron chi connectivity index (χ0n) is 8.94. The van der Waals surface area contributed by atoms with Crippen LogP contribution in [0, 0.1) is 5.92 Å². The van der Waals surface area contributed by atoms with Crippen molar-refractivity contribution < 1.29 is 23.5 Å². The molecular formula is C9H12N2O5S. The molecule has 7 nitrogen and oxygen atoms in total. The van der Waals surface area contributed by atoms with Gasteiger partial charge in [-0.05, 0) is 13.0 Å². The Kier molecular flexibility index (Phi) is 6.34. The minimum atomic E-state index is -2.27. The average molecular weight is 260 g/mol. The van der Waals surface area contributed by atoms with E-state index in [2.05, 4.69) is 10.9 Å². The lowest BCUT2D eigenvalue weighted by molar-refractivity contribution is 0.205. The summed E-state index contributed by atoms with van der Waals surface area (Å²) in [6.45, 7) is 1.57. The number of nitrogens with zero attached hydrogens (tertiary/aromatic N) is 1. The van der Waals surface area contributed by atoms with Gasteiger partial charge < -0.3 is 16.0 Å². The molecule has 1 unspecified atom stereocenters. The van der Waals surface area contributed by atoms with E-state index in [0.717, 1.165) is 0 Å². The van der Waals surface area contributed by atoms with E-state index < -0.39 is 22.3 Å². The van der Waals surface area contributed by atoms with Gasteiger partial charge in [-0.25, -0.2) is 4.79 Å². The lowest BCUT2D eigenvalue weighted by Gasteiger charge is -2.11. The van der Waals surface area contributed by atoms with E-state index in [9.17, 15) is 8.42 Å². The molecule has 17 heavy (non-hydrogen) atoms. The SMILES string of the molecule is CC(=NO)C1C=CC=CC1=S(=O)=O.NC(=O)O. The van der Waals surface area contributed by atoms with E-state index in [4.69, 9.17) is 15.1 Å². The number of hydrogen-bond acceptors (Lipinski definition) is 5. The molecule has 0 aliphatic heterocycles. The summed E-state index contributed by atoms with van der Waals surface area (Å²) in [5.41, 5.74) is 4.39. The topological polar surface area (TPSA) is 130 Å². The maximum Gasteiger partial charge on any atom is 0.402 e. The first-order valence-corrected chi connectivity index (χ1v) is 5.45. The Hall–Kier alpha value is -2.09. The summed E-state index contributed by atoms with van der Waals surface area (Å²) in [5.74, 6) is -0.437. The van der Waals surface area contributed by atoms with Crippen LogP contribution in [-0.4, -0.2) is 35.4 Å². The highest BCUT2D eigenvalue weighted by molar-refractivity contribution is 7.73. The van der Waals surface area contributed by atoms with E-state index in [1.165, 1.54) is 6.08 Å². The van der Waals surface area contributed by atoms with Crippen molar-refractivity contribution in [1.29, 1.82) is 0 Å². The van der Waals surface area contributed by atoms with Crippen LogP contribution in [-0.2, 0) is 10.3 Å². The number of amides is 1. The lowest BCUT2D eigenvalue weighted by Crippen LogP contribution is -2.20. The Bertz CT molecular complexity index is 489. The van der Waals surface area contributed by atoms with Crippen LogP contribution >= 0.6 is 0 Å². The Morgan fingerprint density at radius 1 is 1.47 bits per heavy atom. The third-order valence-corrected chi connectivity index (χ3v) is 2.56. The largest absolute Gasteiger partial charge is 0.465 e. The fraction of sp³-hybridized carbons (Fsp3) is 0.222. The summed E-state index contributed by atoms with van der Waals surface area (Å²) >= 11 is 0. The molecule has 1 aliphatic rings. The molecule has 4 N–H and O–H groups in total. The van der Waals surface area contributed by atoms with Gasteiger partial charge in [-0.15, -0.1) is 0 Å². The predicted octanol–water partition coefficient (Wildman–Crippen LogP) is 0.253. The Labute approximate surface area is 99.1 Å². The molecule has 0 heterocycles. The van der Waals surface area contributed by atoms with Crippen LogP contribution in [0.4, 0.5) is 4.79 Å². The van der Waals surface area contributed by atoms with Crippen molar-refractivity contribution in [2.24, 2.45) is 16.8 Å². The van der Waals surface area contributed by atoms with Crippen LogP contribution in [0.1, 0.15) is 6.92 Å². The van der Waals surface area contributed by atoms with Crippen molar-refractivity contribution in [1.82, 2.24) is 0 Å². The number of hydrogen-bond donors (Lipinski definition) is 3. The minimum Gasteiger partial charge on any atom is -0.465 e. The maximum absolute atomic E-state index is 10.7. The van der Waals surface area contributed by atoms with Gasteiger partial charge in [-0.2, -0.15) is 8.42 Å². The molecule has 0 bridgehead atoms. The molecule has 94 valence electrons. The number of nitrogens with two attached hydrogens (primary N) is 1. The molecule has 0 aromatic rings. The van der Waals surface area contributed by atoms with Crippen molar-refractivity contribution in [2.45, 2.75) is 6.92 Å². The van der Waals surface area contributed by atoms with Crippen molar-refractivity contribution in [3.63, 3.8) is 0 Å². The molecule has 0 aromatic carbocycles. The smallest absolute Gasteiger partial charge is 0.402 e. The molecular weight excluding hydrogens is 248 g/mol. The van der Waals surface area contributed by atoms with Crippen LogP contribution in [0.15, 0.2) is 29.5 Å². The van der Waals surface area contributed by atoms with Crippen molar-refractivity contribution in [3.8, 4) is 0 Å². The van der Waals surface area contributed by atoms with Crippen LogP contribution < -0.4 is 5.73 Å². The summed E-state index contributed by atoms with van der Waals surface area (Å²) in [6, 6.07) is 0. The first kappa shape index (κ1) is 14.9. The molecule has 1 atom stereocenters. The third kappa shape index (κ3) is 5.52. The van der Waals surface area contributed by atoms with Gasteiger partial charge in [0.25, 0.3) is 0 Å². The fourth-order valence-corrected chi connectivity index (χ4v) is 1.74. The first-order chi connectivity index (χ1) is 7.90. The molecule has 0 aromatic heterocycles. The Balaban J connectivity index is 0.000000557. The zero-order valence-corrected chi connectivity index (χ0v) is 9.76.